The second-order valence-corrected chi connectivity index (χ2v) is 13.9. The van der Waals surface area contributed by atoms with E-state index in [4.69, 9.17) is 19.0 Å². The Morgan fingerprint density at radius 1 is 1.07 bits per heavy atom. The lowest BCUT2D eigenvalue weighted by atomic mass is 10.1. The standard InChI is InChI=1S/C29H37N5O7S2/c1-34-14-13-22(18-34)40-25-12-11-24-28(31-25)42-29(30-24)32-27(35)26(33-41-21-8-7-20(17-21)39-3)19-5-9-23(10-6-19)43(36,37)16-4-15-38-2/h5-6,9-12,20-22H,4,7-8,13-18H2,1-3H3,(H,30,32,35)/b33-26+/t20-,21-,22?/m1/s1. The van der Waals surface area contributed by atoms with Crippen LogP contribution in [0.2, 0.25) is 0 Å². The first-order valence-electron chi connectivity index (χ1n) is 14.3. The van der Waals surface area contributed by atoms with Crippen LogP contribution >= 0.6 is 11.3 Å². The number of ether oxygens (including phenoxy) is 3. The Morgan fingerprint density at radius 2 is 1.86 bits per heavy atom. The number of likely N-dealkylation sites (tertiary alicyclic amines) is 1. The van der Waals surface area contributed by atoms with Crippen LogP contribution in [0.25, 0.3) is 10.3 Å². The van der Waals surface area contributed by atoms with E-state index < -0.39 is 15.7 Å². The van der Waals surface area contributed by atoms with Gasteiger partial charge in [-0.3, -0.25) is 10.1 Å². The largest absolute Gasteiger partial charge is 0.473 e. The molecule has 1 unspecified atom stereocenters. The van der Waals surface area contributed by atoms with Gasteiger partial charge in [0.1, 0.15) is 22.6 Å². The fourth-order valence-electron chi connectivity index (χ4n) is 5.13. The van der Waals surface area contributed by atoms with Crippen molar-refractivity contribution in [3.8, 4) is 5.88 Å². The van der Waals surface area contributed by atoms with Crippen molar-refractivity contribution in [3.63, 3.8) is 0 Å². The van der Waals surface area contributed by atoms with E-state index >= 15 is 0 Å². The van der Waals surface area contributed by atoms with Crippen LogP contribution in [0.1, 0.15) is 37.7 Å². The summed E-state index contributed by atoms with van der Waals surface area (Å²) in [5.74, 6) is -0.0573. The fraction of sp³-hybridized carbons (Fsp3) is 0.517. The lowest BCUT2D eigenvalue weighted by molar-refractivity contribution is -0.110. The predicted octanol–water partition coefficient (Wildman–Crippen LogP) is 3.51. The second-order valence-electron chi connectivity index (χ2n) is 10.8. The zero-order valence-corrected chi connectivity index (χ0v) is 26.2. The Kier molecular flexibility index (Phi) is 10.2. The molecule has 1 saturated heterocycles. The first-order chi connectivity index (χ1) is 20.7. The smallest absolute Gasteiger partial charge is 0.280 e. The van der Waals surface area contributed by atoms with E-state index in [0.717, 1.165) is 32.4 Å². The molecule has 2 fully saturated rings. The summed E-state index contributed by atoms with van der Waals surface area (Å²) in [6.07, 6.45) is 3.56. The Labute approximate surface area is 255 Å². The minimum atomic E-state index is -3.50. The van der Waals surface area contributed by atoms with Crippen molar-refractivity contribution in [2.75, 3.05) is 52.0 Å². The van der Waals surface area contributed by atoms with E-state index in [1.807, 2.05) is 6.07 Å². The van der Waals surface area contributed by atoms with Crippen LogP contribution in [-0.2, 0) is 28.9 Å². The van der Waals surface area contributed by atoms with Gasteiger partial charge in [-0.15, -0.1) is 0 Å². The van der Waals surface area contributed by atoms with Crippen LogP contribution in [0.15, 0.2) is 46.4 Å². The quantitative estimate of drug-likeness (QED) is 0.169. The van der Waals surface area contributed by atoms with Gasteiger partial charge in [-0.1, -0.05) is 28.6 Å². The summed E-state index contributed by atoms with van der Waals surface area (Å²) in [5.41, 5.74) is 1.04. The summed E-state index contributed by atoms with van der Waals surface area (Å²) < 4.78 is 41.9. The maximum atomic E-state index is 13.5. The summed E-state index contributed by atoms with van der Waals surface area (Å²) in [5, 5.41) is 7.40. The zero-order valence-electron chi connectivity index (χ0n) is 24.5. The molecule has 5 rings (SSSR count). The van der Waals surface area contributed by atoms with Crippen LogP contribution in [0.4, 0.5) is 5.13 Å². The van der Waals surface area contributed by atoms with Gasteiger partial charge in [0.2, 0.25) is 5.88 Å². The minimum Gasteiger partial charge on any atom is -0.473 e. The van der Waals surface area contributed by atoms with Crippen LogP contribution in [-0.4, -0.2) is 99.9 Å². The molecule has 14 heteroatoms. The number of oxime groups is 1. The first-order valence-corrected chi connectivity index (χ1v) is 16.7. The van der Waals surface area contributed by atoms with E-state index in [2.05, 4.69) is 32.4 Å². The number of nitrogens with one attached hydrogen (secondary N) is 1. The third-order valence-electron chi connectivity index (χ3n) is 7.51. The molecule has 1 N–H and O–H groups in total. The highest BCUT2D eigenvalue weighted by Crippen LogP contribution is 2.28. The molecule has 3 aromatic rings. The number of methoxy groups -OCH3 is 2. The third kappa shape index (κ3) is 8.06. The molecule has 1 amide bonds. The van der Waals surface area contributed by atoms with Crippen LogP contribution in [0.3, 0.4) is 0 Å². The zero-order chi connectivity index (χ0) is 30.4. The average molecular weight is 632 g/mol. The molecule has 1 saturated carbocycles. The number of aromatic nitrogens is 2. The van der Waals surface area contributed by atoms with Crippen LogP contribution in [0.5, 0.6) is 5.88 Å². The molecular weight excluding hydrogens is 594 g/mol. The highest BCUT2D eigenvalue weighted by Gasteiger charge is 2.27. The average Bonchev–Trinajstić information content (AvgIpc) is 3.73. The minimum absolute atomic E-state index is 0.00536. The normalized spacial score (nSPS) is 21.4. The van der Waals surface area contributed by atoms with Gasteiger partial charge in [0, 0.05) is 52.0 Å². The molecule has 12 nitrogen and oxygen atoms in total. The van der Waals surface area contributed by atoms with Crippen molar-refractivity contribution in [1.82, 2.24) is 14.9 Å². The molecule has 2 aromatic heterocycles. The van der Waals surface area contributed by atoms with Gasteiger partial charge < -0.3 is 23.9 Å². The number of rotatable bonds is 13. The monoisotopic (exact) mass is 631 g/mol. The number of nitrogens with zero attached hydrogens (tertiary/aromatic N) is 4. The molecular formula is C29H37N5O7S2. The number of thiazole rings is 1. The predicted molar refractivity (Wildman–Crippen MR) is 164 cm³/mol. The lowest BCUT2D eigenvalue weighted by Gasteiger charge is -2.12. The number of sulfone groups is 1. The topological polar surface area (TPSA) is 142 Å². The molecule has 232 valence electrons. The summed E-state index contributed by atoms with van der Waals surface area (Å²) >= 11 is 1.23. The molecule has 43 heavy (non-hydrogen) atoms. The van der Waals surface area contributed by atoms with Gasteiger partial charge in [0.05, 0.1) is 16.8 Å². The van der Waals surface area contributed by atoms with Gasteiger partial charge in [-0.2, -0.15) is 0 Å². The SMILES string of the molecule is COCCCS(=O)(=O)c1ccc(/C(=N\O[C@@H]2CC[C@@H](OC)C2)C(=O)Nc2nc3ccc(OC4CCN(C)C4)nc3s2)cc1. The highest BCUT2D eigenvalue weighted by atomic mass is 32.2. The molecule has 3 atom stereocenters. The number of anilines is 1. The number of carbonyl (C=O) groups excluding carboxylic acids is 1. The van der Waals surface area contributed by atoms with Crippen LogP contribution in [0, 0.1) is 0 Å². The molecule has 2 aliphatic rings. The summed E-state index contributed by atoms with van der Waals surface area (Å²) in [6.45, 7) is 2.18. The van der Waals surface area contributed by atoms with Crippen molar-refractivity contribution < 1.29 is 32.3 Å². The number of likely N-dealkylation sites (N-methyl/N-ethyl adjacent to an activating group) is 1. The van der Waals surface area contributed by atoms with Crippen molar-refractivity contribution >= 4 is 48.3 Å². The van der Waals surface area contributed by atoms with E-state index in [1.54, 1.807) is 25.3 Å². The highest BCUT2D eigenvalue weighted by molar-refractivity contribution is 7.91. The van der Waals surface area contributed by atoms with Gasteiger partial charge >= 0.3 is 0 Å². The van der Waals surface area contributed by atoms with E-state index in [-0.39, 0.29) is 34.7 Å². The number of amides is 1. The van der Waals surface area contributed by atoms with E-state index in [1.165, 1.54) is 30.6 Å². The lowest BCUT2D eigenvalue weighted by Crippen LogP contribution is -2.25. The molecule has 1 aliphatic heterocycles. The van der Waals surface area contributed by atoms with Crippen LogP contribution < -0.4 is 10.1 Å². The fourth-order valence-corrected chi connectivity index (χ4v) is 7.24. The summed E-state index contributed by atoms with van der Waals surface area (Å²) in [6, 6.07) is 9.67. The molecule has 3 heterocycles. The Bertz CT molecular complexity index is 1540. The number of fused-ring (bicyclic) bond motifs is 1. The maximum Gasteiger partial charge on any atom is 0.280 e. The van der Waals surface area contributed by atoms with Gasteiger partial charge in [0.15, 0.2) is 20.7 Å². The third-order valence-corrected chi connectivity index (χ3v) is 10.2. The van der Waals surface area contributed by atoms with Crippen molar-refractivity contribution in [3.05, 3.63) is 42.0 Å². The number of benzene rings is 1. The van der Waals surface area contributed by atoms with Gasteiger partial charge in [-0.05, 0) is 50.9 Å². The molecule has 0 bridgehead atoms. The molecule has 0 spiro atoms. The van der Waals surface area contributed by atoms with E-state index in [9.17, 15) is 13.2 Å². The van der Waals surface area contributed by atoms with Crippen molar-refractivity contribution in [2.24, 2.45) is 5.16 Å². The number of hydrogen-bond donors (Lipinski definition) is 1. The number of pyridine rings is 1. The van der Waals surface area contributed by atoms with Gasteiger partial charge in [-0.25, -0.2) is 18.4 Å². The summed E-state index contributed by atoms with van der Waals surface area (Å²) in [4.78, 5) is 31.4. The van der Waals surface area contributed by atoms with E-state index in [0.29, 0.717) is 46.4 Å². The molecule has 1 aromatic carbocycles. The second kappa shape index (κ2) is 14.1. The Balaban J connectivity index is 1.33. The molecule has 0 radical (unpaired) electrons. The number of hydrogen-bond acceptors (Lipinski definition) is 12. The Morgan fingerprint density at radius 3 is 2.56 bits per heavy atom. The maximum absolute atomic E-state index is 13.5. The molecule has 1 aliphatic carbocycles. The number of carbonyl (C=O) groups is 1. The van der Waals surface area contributed by atoms with Crippen molar-refractivity contribution in [2.45, 2.75) is 55.3 Å². The first kappa shape index (κ1) is 31.3. The van der Waals surface area contributed by atoms with Crippen molar-refractivity contribution in [1.29, 1.82) is 0 Å². The van der Waals surface area contributed by atoms with Gasteiger partial charge in [0.25, 0.3) is 5.91 Å². The Hall–Kier alpha value is -3.17. The summed E-state index contributed by atoms with van der Waals surface area (Å²) in [7, 11) is 1.75.